The highest BCUT2D eigenvalue weighted by Gasteiger charge is 2.31. The molecule has 0 heterocycles. The monoisotopic (exact) mass is 185 g/mol. The Bertz CT molecular complexity index is 196. The van der Waals surface area contributed by atoms with Gasteiger partial charge in [0.1, 0.15) is 0 Å². The molecular formula is C10H19NO2. The summed E-state index contributed by atoms with van der Waals surface area (Å²) in [4.78, 5) is 10.7. The number of nitrogens with zero attached hydrogens (tertiary/aromatic N) is 1. The maximum atomic E-state index is 10.7. The molecule has 0 aliphatic heterocycles. The molecule has 1 saturated carbocycles. The number of carbonyl (C=O) groups excluding carboxylic acids is 1. The van der Waals surface area contributed by atoms with Crippen molar-refractivity contribution in [2.75, 3.05) is 21.1 Å². The minimum absolute atomic E-state index is 0.212. The smallest absolute Gasteiger partial charge is 0.0890 e. The fraction of sp³-hybridized carbons (Fsp3) is 0.900. The molecule has 0 N–H and O–H groups in total. The van der Waals surface area contributed by atoms with E-state index in [0.717, 1.165) is 30.2 Å². The second-order valence-corrected chi connectivity index (χ2v) is 4.95. The first-order valence-corrected chi connectivity index (χ1v) is 4.93. The largest absolute Gasteiger partial charge is 0.550 e. The Kier molecular flexibility index (Phi) is 2.96. The third-order valence-corrected chi connectivity index (χ3v) is 3.08. The van der Waals surface area contributed by atoms with Crippen molar-refractivity contribution < 1.29 is 14.4 Å². The van der Waals surface area contributed by atoms with Crippen molar-refractivity contribution in [1.29, 1.82) is 0 Å². The predicted molar refractivity (Wildman–Crippen MR) is 48.8 cm³/mol. The van der Waals surface area contributed by atoms with Crippen LogP contribution in [0.5, 0.6) is 0 Å². The number of carbonyl (C=O) groups is 1. The van der Waals surface area contributed by atoms with Crippen LogP contribution in [0, 0.1) is 5.92 Å². The fourth-order valence-corrected chi connectivity index (χ4v) is 2.08. The molecule has 0 spiro atoms. The van der Waals surface area contributed by atoms with Crippen LogP contribution in [0.1, 0.15) is 25.7 Å². The first-order valence-electron chi connectivity index (χ1n) is 4.93. The van der Waals surface area contributed by atoms with Gasteiger partial charge in [-0.05, 0) is 19.3 Å². The number of hydrogen-bond donors (Lipinski definition) is 0. The van der Waals surface area contributed by atoms with E-state index >= 15 is 0 Å². The van der Waals surface area contributed by atoms with Crippen molar-refractivity contribution in [3.8, 4) is 0 Å². The first-order chi connectivity index (χ1) is 5.91. The Hall–Kier alpha value is -0.570. The highest BCUT2D eigenvalue weighted by Crippen LogP contribution is 2.28. The normalized spacial score (nSPS) is 30.1. The highest BCUT2D eigenvalue weighted by atomic mass is 16.4. The van der Waals surface area contributed by atoms with Crippen LogP contribution in [0.4, 0.5) is 0 Å². The molecule has 13 heavy (non-hydrogen) atoms. The molecule has 0 radical (unpaired) electrons. The lowest BCUT2D eigenvalue weighted by molar-refractivity contribution is -0.897. The lowest BCUT2D eigenvalue weighted by Crippen LogP contribution is -2.49. The summed E-state index contributed by atoms with van der Waals surface area (Å²) in [6.45, 7) is 0. The third-order valence-electron chi connectivity index (χ3n) is 3.08. The van der Waals surface area contributed by atoms with Gasteiger partial charge in [0.2, 0.25) is 0 Å². The van der Waals surface area contributed by atoms with Crippen LogP contribution in [0.15, 0.2) is 0 Å². The maximum absolute atomic E-state index is 10.7. The predicted octanol–water partition coefficient (Wildman–Crippen LogP) is 0.00130. The van der Waals surface area contributed by atoms with E-state index in [-0.39, 0.29) is 5.92 Å². The quantitative estimate of drug-likeness (QED) is 0.568. The molecule has 2 atom stereocenters. The van der Waals surface area contributed by atoms with E-state index < -0.39 is 5.97 Å². The van der Waals surface area contributed by atoms with Crippen molar-refractivity contribution in [2.24, 2.45) is 5.92 Å². The van der Waals surface area contributed by atoms with E-state index in [9.17, 15) is 9.90 Å². The van der Waals surface area contributed by atoms with Crippen molar-refractivity contribution in [1.82, 2.24) is 0 Å². The molecule has 3 nitrogen and oxygen atoms in total. The van der Waals surface area contributed by atoms with Gasteiger partial charge in [-0.3, -0.25) is 0 Å². The molecule has 1 rings (SSSR count). The van der Waals surface area contributed by atoms with Crippen LogP contribution < -0.4 is 5.11 Å². The zero-order valence-corrected chi connectivity index (χ0v) is 8.75. The Balaban J connectivity index is 2.57. The van der Waals surface area contributed by atoms with Gasteiger partial charge < -0.3 is 14.4 Å². The number of carboxylic acids is 1. The second-order valence-electron chi connectivity index (χ2n) is 4.95. The van der Waals surface area contributed by atoms with Crippen LogP contribution in [0.2, 0.25) is 0 Å². The van der Waals surface area contributed by atoms with Crippen molar-refractivity contribution in [3.05, 3.63) is 0 Å². The molecule has 3 heteroatoms. The van der Waals surface area contributed by atoms with Crippen molar-refractivity contribution in [3.63, 3.8) is 0 Å². The molecule has 0 saturated heterocycles. The van der Waals surface area contributed by atoms with Crippen LogP contribution in [-0.2, 0) is 4.79 Å². The SMILES string of the molecule is C[N+](C)(C)C1CCCC(C(=O)[O-])C1. The average Bonchev–Trinajstić information content (AvgIpc) is 2.03. The zero-order chi connectivity index (χ0) is 10.1. The van der Waals surface area contributed by atoms with Crippen molar-refractivity contribution >= 4 is 5.97 Å². The minimum Gasteiger partial charge on any atom is -0.550 e. The summed E-state index contributed by atoms with van der Waals surface area (Å²) in [6.07, 6.45) is 3.76. The summed E-state index contributed by atoms with van der Waals surface area (Å²) in [7, 11) is 6.38. The molecule has 76 valence electrons. The van der Waals surface area contributed by atoms with E-state index in [2.05, 4.69) is 21.1 Å². The number of rotatable bonds is 2. The average molecular weight is 185 g/mol. The van der Waals surface area contributed by atoms with Crippen LogP contribution in [-0.4, -0.2) is 37.6 Å². The highest BCUT2D eigenvalue weighted by molar-refractivity contribution is 5.67. The zero-order valence-electron chi connectivity index (χ0n) is 8.75. The number of hydrogen-bond acceptors (Lipinski definition) is 2. The van der Waals surface area contributed by atoms with Crippen LogP contribution in [0.3, 0.4) is 0 Å². The van der Waals surface area contributed by atoms with Crippen LogP contribution >= 0.6 is 0 Å². The molecule has 1 aliphatic carbocycles. The molecule has 0 aromatic carbocycles. The Morgan fingerprint density at radius 2 is 1.92 bits per heavy atom. The molecule has 1 fully saturated rings. The summed E-state index contributed by atoms with van der Waals surface area (Å²) >= 11 is 0. The lowest BCUT2D eigenvalue weighted by Gasteiger charge is -2.39. The molecule has 0 amide bonds. The van der Waals surface area contributed by atoms with Gasteiger partial charge in [-0.15, -0.1) is 0 Å². The lowest BCUT2D eigenvalue weighted by atomic mass is 9.84. The van der Waals surface area contributed by atoms with Gasteiger partial charge in [0.15, 0.2) is 0 Å². The summed E-state index contributed by atoms with van der Waals surface area (Å²) in [5, 5.41) is 10.7. The first kappa shape index (κ1) is 10.5. The number of quaternary nitrogens is 1. The molecule has 0 aromatic rings. The van der Waals surface area contributed by atoms with Crippen molar-refractivity contribution in [2.45, 2.75) is 31.7 Å². The van der Waals surface area contributed by atoms with Gasteiger partial charge in [-0.1, -0.05) is 0 Å². The standard InChI is InChI=1S/C10H19NO2/c1-11(2,3)9-6-4-5-8(7-9)10(12)13/h8-9H,4-7H2,1-3H3. The Labute approximate surface area is 79.9 Å². The van der Waals surface area contributed by atoms with Crippen LogP contribution in [0.25, 0.3) is 0 Å². The summed E-state index contributed by atoms with van der Waals surface area (Å²) in [6, 6.07) is 0.483. The fourth-order valence-electron chi connectivity index (χ4n) is 2.08. The van der Waals surface area contributed by atoms with E-state index in [1.807, 2.05) is 0 Å². The van der Waals surface area contributed by atoms with Gasteiger partial charge in [-0.25, -0.2) is 0 Å². The maximum Gasteiger partial charge on any atom is 0.0890 e. The van der Waals surface area contributed by atoms with E-state index in [1.54, 1.807) is 0 Å². The van der Waals surface area contributed by atoms with Gasteiger partial charge in [0, 0.05) is 18.3 Å². The molecular weight excluding hydrogens is 166 g/mol. The second kappa shape index (κ2) is 3.66. The minimum atomic E-state index is -0.863. The van der Waals surface area contributed by atoms with E-state index in [4.69, 9.17) is 0 Å². The third kappa shape index (κ3) is 2.69. The van der Waals surface area contributed by atoms with Gasteiger partial charge in [0.05, 0.1) is 27.2 Å². The Morgan fingerprint density at radius 3 is 2.38 bits per heavy atom. The number of carboxylic acid groups (broad SMARTS) is 1. The van der Waals surface area contributed by atoms with E-state index in [0.29, 0.717) is 6.04 Å². The van der Waals surface area contributed by atoms with Gasteiger partial charge in [-0.2, -0.15) is 0 Å². The number of aliphatic carboxylic acids is 1. The van der Waals surface area contributed by atoms with E-state index in [1.165, 1.54) is 0 Å². The molecule has 2 unspecified atom stereocenters. The summed E-state index contributed by atoms with van der Waals surface area (Å²) < 4.78 is 0.865. The Morgan fingerprint density at radius 1 is 1.31 bits per heavy atom. The van der Waals surface area contributed by atoms with Gasteiger partial charge in [0.25, 0.3) is 0 Å². The topological polar surface area (TPSA) is 40.1 Å². The summed E-state index contributed by atoms with van der Waals surface area (Å²) in [5.41, 5.74) is 0. The summed E-state index contributed by atoms with van der Waals surface area (Å²) in [5.74, 6) is -1.07. The molecule has 0 aromatic heterocycles. The molecule has 1 aliphatic rings. The molecule has 0 bridgehead atoms. The van der Waals surface area contributed by atoms with Gasteiger partial charge >= 0.3 is 0 Å².